The molecule has 4 rings (SSSR count). The molecule has 0 bridgehead atoms. The normalized spacial score (nSPS) is 12.1. The van der Waals surface area contributed by atoms with Gasteiger partial charge in [0, 0.05) is 17.1 Å². The lowest BCUT2D eigenvalue weighted by Gasteiger charge is -2.09. The van der Waals surface area contributed by atoms with Gasteiger partial charge in [0.1, 0.15) is 5.69 Å². The summed E-state index contributed by atoms with van der Waals surface area (Å²) in [4.78, 5) is 15.4. The molecular weight excluding hydrogens is 319 g/mol. The van der Waals surface area contributed by atoms with Crippen molar-refractivity contribution in [2.75, 3.05) is 0 Å². The molecule has 7 heteroatoms. The topological polar surface area (TPSA) is 50.7 Å². The SMILES string of the molecule is O=c1c2c[nH]c3ccc(C(F)(F)F)cc3c-2nn1-c1ccccc1. The van der Waals surface area contributed by atoms with Crippen molar-refractivity contribution in [3.8, 4) is 16.9 Å². The summed E-state index contributed by atoms with van der Waals surface area (Å²) in [6.07, 6.45) is -2.99. The number of para-hydroxylation sites is 1. The summed E-state index contributed by atoms with van der Waals surface area (Å²) >= 11 is 0. The van der Waals surface area contributed by atoms with Crippen LogP contribution in [-0.4, -0.2) is 14.8 Å². The molecule has 0 spiro atoms. The molecule has 0 atom stereocenters. The maximum absolute atomic E-state index is 13.0. The molecule has 2 aromatic rings. The number of H-pyrrole nitrogens is 1. The predicted octanol–water partition coefficient (Wildman–Crippen LogP) is 3.84. The van der Waals surface area contributed by atoms with Crippen LogP contribution in [0.15, 0.2) is 59.5 Å². The molecule has 0 fully saturated rings. The van der Waals surface area contributed by atoms with E-state index in [1.165, 1.54) is 16.9 Å². The molecule has 0 saturated carbocycles. The van der Waals surface area contributed by atoms with Crippen molar-refractivity contribution in [3.63, 3.8) is 0 Å². The summed E-state index contributed by atoms with van der Waals surface area (Å²) in [5, 5.41) is 4.51. The van der Waals surface area contributed by atoms with E-state index in [1.54, 1.807) is 30.3 Å². The molecule has 0 aliphatic carbocycles. The monoisotopic (exact) mass is 329 g/mol. The summed E-state index contributed by atoms with van der Waals surface area (Å²) in [5.41, 5.74) is 0.353. The number of aromatic nitrogens is 3. The minimum atomic E-state index is -4.46. The van der Waals surface area contributed by atoms with Gasteiger partial charge >= 0.3 is 6.18 Å². The van der Waals surface area contributed by atoms with E-state index in [1.807, 2.05) is 0 Å². The zero-order valence-corrected chi connectivity index (χ0v) is 12.1. The molecule has 0 amide bonds. The number of nitrogens with zero attached hydrogens (tertiary/aromatic N) is 2. The third-order valence-corrected chi connectivity index (χ3v) is 3.85. The first kappa shape index (κ1) is 14.5. The van der Waals surface area contributed by atoms with Crippen LogP contribution >= 0.6 is 0 Å². The number of halogens is 3. The lowest BCUT2D eigenvalue weighted by atomic mass is 10.1. The van der Waals surface area contributed by atoms with Crippen LogP contribution in [0.25, 0.3) is 27.8 Å². The first-order valence-electron chi connectivity index (χ1n) is 7.12. The van der Waals surface area contributed by atoms with Crippen LogP contribution in [-0.2, 0) is 6.18 Å². The molecule has 0 aromatic heterocycles. The maximum atomic E-state index is 13.0. The van der Waals surface area contributed by atoms with Gasteiger partial charge in [-0.05, 0) is 30.3 Å². The van der Waals surface area contributed by atoms with Crippen LogP contribution in [0.1, 0.15) is 5.56 Å². The van der Waals surface area contributed by atoms with Crippen molar-refractivity contribution < 1.29 is 13.2 Å². The van der Waals surface area contributed by atoms with Crippen molar-refractivity contribution in [1.29, 1.82) is 0 Å². The fourth-order valence-corrected chi connectivity index (χ4v) is 2.68. The standard InChI is InChI=1S/C17H10F3N3O/c18-17(19,20)10-6-7-14-12(8-10)15-13(9-21-14)16(24)23(22-15)11-4-2-1-3-5-11/h1-9,21H. The van der Waals surface area contributed by atoms with E-state index in [9.17, 15) is 18.0 Å². The lowest BCUT2D eigenvalue weighted by molar-refractivity contribution is -0.137. The van der Waals surface area contributed by atoms with Gasteiger partial charge in [-0.15, -0.1) is 0 Å². The molecule has 0 unspecified atom stereocenters. The van der Waals surface area contributed by atoms with Crippen molar-refractivity contribution in [1.82, 2.24) is 14.8 Å². The number of fused-ring (bicyclic) bond motifs is 3. The van der Waals surface area contributed by atoms with Gasteiger partial charge in [0.2, 0.25) is 0 Å². The Morgan fingerprint density at radius 2 is 1.79 bits per heavy atom. The average molecular weight is 329 g/mol. The van der Waals surface area contributed by atoms with Gasteiger partial charge in [0.25, 0.3) is 5.56 Å². The molecule has 24 heavy (non-hydrogen) atoms. The lowest BCUT2D eigenvalue weighted by Crippen LogP contribution is -2.14. The summed E-state index contributed by atoms with van der Waals surface area (Å²) in [6, 6.07) is 12.1. The number of hydrogen-bond acceptors (Lipinski definition) is 2. The highest BCUT2D eigenvalue weighted by Crippen LogP contribution is 2.34. The Hall–Kier alpha value is -3.09. The van der Waals surface area contributed by atoms with Gasteiger partial charge in [-0.1, -0.05) is 18.2 Å². The van der Waals surface area contributed by atoms with Crippen molar-refractivity contribution in [2.45, 2.75) is 6.18 Å². The largest absolute Gasteiger partial charge is 0.416 e. The zero-order chi connectivity index (χ0) is 16.9. The molecule has 120 valence electrons. The van der Waals surface area contributed by atoms with Crippen LogP contribution in [0.2, 0.25) is 0 Å². The Bertz CT molecular complexity index is 1060. The third-order valence-electron chi connectivity index (χ3n) is 3.85. The van der Waals surface area contributed by atoms with Crippen LogP contribution in [0.5, 0.6) is 0 Å². The molecule has 0 radical (unpaired) electrons. The first-order chi connectivity index (χ1) is 11.4. The fraction of sp³-hybridized carbons (Fsp3) is 0.0588. The highest BCUT2D eigenvalue weighted by molar-refractivity contribution is 5.93. The smallest absolute Gasteiger partial charge is 0.360 e. The summed E-state index contributed by atoms with van der Waals surface area (Å²) < 4.78 is 40.1. The molecule has 2 aliphatic rings. The average Bonchev–Trinajstić information content (AvgIpc) is 2.92. The van der Waals surface area contributed by atoms with E-state index >= 15 is 0 Å². The Balaban J connectivity index is 2.03. The predicted molar refractivity (Wildman–Crippen MR) is 83.3 cm³/mol. The Kier molecular flexibility index (Phi) is 2.99. The van der Waals surface area contributed by atoms with Crippen LogP contribution in [0.4, 0.5) is 13.2 Å². The van der Waals surface area contributed by atoms with Crippen molar-refractivity contribution in [3.05, 3.63) is 70.6 Å². The number of benzene rings is 2. The highest BCUT2D eigenvalue weighted by Gasteiger charge is 2.31. The number of nitrogens with one attached hydrogen (secondary N) is 1. The van der Waals surface area contributed by atoms with E-state index < -0.39 is 11.7 Å². The molecule has 0 saturated heterocycles. The minimum absolute atomic E-state index is 0.240. The summed E-state index contributed by atoms with van der Waals surface area (Å²) in [6.45, 7) is 0. The maximum Gasteiger partial charge on any atom is 0.416 e. The van der Waals surface area contributed by atoms with E-state index in [-0.39, 0.29) is 22.2 Å². The first-order valence-corrected chi connectivity index (χ1v) is 7.12. The second kappa shape index (κ2) is 4.95. The summed E-state index contributed by atoms with van der Waals surface area (Å²) in [5.74, 6) is 0. The Morgan fingerprint density at radius 1 is 1.04 bits per heavy atom. The van der Waals surface area contributed by atoms with Gasteiger partial charge in [-0.3, -0.25) is 4.79 Å². The Morgan fingerprint density at radius 3 is 2.50 bits per heavy atom. The van der Waals surface area contributed by atoms with E-state index in [2.05, 4.69) is 10.1 Å². The third kappa shape index (κ3) is 2.17. The van der Waals surface area contributed by atoms with Gasteiger partial charge in [-0.25, -0.2) is 0 Å². The molecule has 4 nitrogen and oxygen atoms in total. The molecule has 2 aliphatic heterocycles. The van der Waals surface area contributed by atoms with Crippen LogP contribution in [0, 0.1) is 0 Å². The molecular formula is C17H10F3N3O. The van der Waals surface area contributed by atoms with Crippen molar-refractivity contribution in [2.24, 2.45) is 0 Å². The second-order valence-corrected chi connectivity index (χ2v) is 5.36. The fourth-order valence-electron chi connectivity index (χ4n) is 2.68. The molecule has 1 N–H and O–H groups in total. The number of aromatic amines is 1. The number of hydrogen-bond donors (Lipinski definition) is 1. The van der Waals surface area contributed by atoms with Crippen LogP contribution in [0.3, 0.4) is 0 Å². The zero-order valence-electron chi connectivity index (χ0n) is 12.1. The molecule has 2 aromatic carbocycles. The van der Waals surface area contributed by atoms with Gasteiger partial charge in [0.05, 0.1) is 16.8 Å². The van der Waals surface area contributed by atoms with Crippen LogP contribution < -0.4 is 5.56 Å². The molecule has 2 heterocycles. The number of pyridine rings is 1. The summed E-state index contributed by atoms with van der Waals surface area (Å²) in [7, 11) is 0. The van der Waals surface area contributed by atoms with Crippen molar-refractivity contribution >= 4 is 10.9 Å². The van der Waals surface area contributed by atoms with E-state index in [4.69, 9.17) is 0 Å². The van der Waals surface area contributed by atoms with Gasteiger partial charge in [-0.2, -0.15) is 23.0 Å². The second-order valence-electron chi connectivity index (χ2n) is 5.36. The quantitative estimate of drug-likeness (QED) is 0.577. The minimum Gasteiger partial charge on any atom is -0.360 e. The van der Waals surface area contributed by atoms with E-state index in [0.29, 0.717) is 11.2 Å². The van der Waals surface area contributed by atoms with Gasteiger partial charge < -0.3 is 4.98 Å². The Labute approximate surface area is 133 Å². The number of rotatable bonds is 1. The van der Waals surface area contributed by atoms with Gasteiger partial charge in [0.15, 0.2) is 0 Å². The highest BCUT2D eigenvalue weighted by atomic mass is 19.4. The van der Waals surface area contributed by atoms with E-state index in [0.717, 1.165) is 12.1 Å². The number of alkyl halides is 3.